The first-order valence-electron chi connectivity index (χ1n) is 6.97. The summed E-state index contributed by atoms with van der Waals surface area (Å²) in [7, 11) is -0.747. The molecule has 0 radical (unpaired) electrons. The lowest BCUT2D eigenvalue weighted by Crippen LogP contribution is -2.50. The van der Waals surface area contributed by atoms with E-state index in [0.29, 0.717) is 0 Å². The minimum absolute atomic E-state index is 0.167. The molecule has 3 rings (SSSR count). The second-order valence-electron chi connectivity index (χ2n) is 6.05. The van der Waals surface area contributed by atoms with Gasteiger partial charge in [0.15, 0.2) is 0 Å². The summed E-state index contributed by atoms with van der Waals surface area (Å²) >= 11 is 0. The first-order valence-corrected chi connectivity index (χ1v) is 8.29. The molecule has 4 heteroatoms. The highest BCUT2D eigenvalue weighted by Gasteiger charge is 2.33. The Hall–Kier alpha value is -1.42. The van der Waals surface area contributed by atoms with Crippen LogP contribution in [0.2, 0.25) is 0 Å². The van der Waals surface area contributed by atoms with Crippen LogP contribution in [0.25, 0.3) is 10.9 Å². The Morgan fingerprint density at radius 2 is 2.05 bits per heavy atom. The molecule has 2 heterocycles. The lowest BCUT2D eigenvalue weighted by Gasteiger charge is -2.38. The zero-order valence-electron chi connectivity index (χ0n) is 12.2. The number of nitrogens with zero attached hydrogens (tertiary/aromatic N) is 2. The molecule has 1 aliphatic rings. The highest BCUT2D eigenvalue weighted by atomic mass is 32.2. The molecule has 0 N–H and O–H groups in total. The van der Waals surface area contributed by atoms with E-state index in [1.165, 1.54) is 10.9 Å². The third kappa shape index (κ3) is 2.33. The largest absolute Gasteiger partial charge is 0.354 e. The molecular weight excluding hydrogens is 268 g/mol. The van der Waals surface area contributed by atoms with Crippen LogP contribution in [0, 0.1) is 6.92 Å². The van der Waals surface area contributed by atoms with Crippen LogP contribution < -0.4 is 4.90 Å². The minimum atomic E-state index is -0.747. The predicted octanol–water partition coefficient (Wildman–Crippen LogP) is 2.89. The fourth-order valence-electron chi connectivity index (χ4n) is 2.77. The molecule has 0 spiro atoms. The Balaban J connectivity index is 2.01. The van der Waals surface area contributed by atoms with E-state index in [1.54, 1.807) is 0 Å². The topological polar surface area (TPSA) is 33.2 Å². The van der Waals surface area contributed by atoms with Gasteiger partial charge >= 0.3 is 0 Å². The maximum Gasteiger partial charge on any atom is 0.129 e. The number of aromatic nitrogens is 1. The van der Waals surface area contributed by atoms with Crippen LogP contribution in [-0.4, -0.2) is 32.8 Å². The van der Waals surface area contributed by atoms with Crippen molar-refractivity contribution in [3.63, 3.8) is 0 Å². The summed E-state index contributed by atoms with van der Waals surface area (Å²) in [4.78, 5) is 7.04. The maximum atomic E-state index is 12.0. The van der Waals surface area contributed by atoms with Gasteiger partial charge in [0.1, 0.15) is 5.82 Å². The SMILES string of the molecule is Cc1cc(N2CCS(=O)C(C)(C)C2)nc2ccccc12. The normalized spacial score (nSPS) is 22.1. The van der Waals surface area contributed by atoms with Crippen molar-refractivity contribution in [2.45, 2.75) is 25.5 Å². The molecule has 1 unspecified atom stereocenters. The van der Waals surface area contributed by atoms with Crippen molar-refractivity contribution in [2.75, 3.05) is 23.7 Å². The molecule has 0 amide bonds. The number of rotatable bonds is 1. The Morgan fingerprint density at radius 3 is 2.80 bits per heavy atom. The summed E-state index contributed by atoms with van der Waals surface area (Å²) in [5.41, 5.74) is 2.28. The van der Waals surface area contributed by atoms with Crippen LogP contribution in [0.1, 0.15) is 19.4 Å². The van der Waals surface area contributed by atoms with E-state index in [0.717, 1.165) is 30.2 Å². The fourth-order valence-corrected chi connectivity index (χ4v) is 4.01. The highest BCUT2D eigenvalue weighted by Crippen LogP contribution is 2.27. The van der Waals surface area contributed by atoms with Gasteiger partial charge in [-0.05, 0) is 38.5 Å². The van der Waals surface area contributed by atoms with E-state index < -0.39 is 10.8 Å². The standard InChI is InChI=1S/C16H20N2OS/c1-12-10-15(17-14-7-5-4-6-13(12)14)18-8-9-20(19)16(2,3)11-18/h4-7,10H,8-9,11H2,1-3H3. The van der Waals surface area contributed by atoms with Crippen molar-refractivity contribution < 1.29 is 4.21 Å². The lowest BCUT2D eigenvalue weighted by atomic mass is 10.1. The van der Waals surface area contributed by atoms with Gasteiger partial charge in [-0.2, -0.15) is 0 Å². The molecule has 20 heavy (non-hydrogen) atoms. The number of benzene rings is 1. The second-order valence-corrected chi connectivity index (χ2v) is 8.25. The van der Waals surface area contributed by atoms with Gasteiger partial charge in [-0.25, -0.2) is 4.98 Å². The van der Waals surface area contributed by atoms with E-state index >= 15 is 0 Å². The number of fused-ring (bicyclic) bond motifs is 1. The third-order valence-corrected chi connectivity index (χ3v) is 5.88. The number of aryl methyl sites for hydroxylation is 1. The zero-order valence-corrected chi connectivity index (χ0v) is 13.0. The molecule has 1 aliphatic heterocycles. The number of hydrogen-bond acceptors (Lipinski definition) is 3. The van der Waals surface area contributed by atoms with Crippen molar-refractivity contribution in [1.29, 1.82) is 0 Å². The Kier molecular flexibility index (Phi) is 3.28. The first-order chi connectivity index (χ1) is 9.47. The van der Waals surface area contributed by atoms with Crippen molar-refractivity contribution in [3.8, 4) is 0 Å². The lowest BCUT2D eigenvalue weighted by molar-refractivity contribution is 0.587. The van der Waals surface area contributed by atoms with Gasteiger partial charge in [-0.15, -0.1) is 0 Å². The van der Waals surface area contributed by atoms with Crippen molar-refractivity contribution in [3.05, 3.63) is 35.9 Å². The molecule has 1 atom stereocenters. The summed E-state index contributed by atoms with van der Waals surface area (Å²) in [6.07, 6.45) is 0. The van der Waals surface area contributed by atoms with E-state index in [-0.39, 0.29) is 4.75 Å². The monoisotopic (exact) mass is 288 g/mol. The fraction of sp³-hybridized carbons (Fsp3) is 0.438. The smallest absolute Gasteiger partial charge is 0.129 e. The van der Waals surface area contributed by atoms with Crippen LogP contribution in [-0.2, 0) is 10.8 Å². The average Bonchev–Trinajstić information content (AvgIpc) is 2.42. The van der Waals surface area contributed by atoms with Gasteiger partial charge in [0, 0.05) is 35.0 Å². The van der Waals surface area contributed by atoms with E-state index in [4.69, 9.17) is 4.98 Å². The van der Waals surface area contributed by atoms with Crippen LogP contribution in [0.15, 0.2) is 30.3 Å². The number of anilines is 1. The van der Waals surface area contributed by atoms with Crippen LogP contribution in [0.4, 0.5) is 5.82 Å². The van der Waals surface area contributed by atoms with Crippen LogP contribution in [0.3, 0.4) is 0 Å². The van der Waals surface area contributed by atoms with Gasteiger partial charge in [0.2, 0.25) is 0 Å². The molecule has 1 saturated heterocycles. The molecule has 3 nitrogen and oxygen atoms in total. The minimum Gasteiger partial charge on any atom is -0.354 e. The van der Waals surface area contributed by atoms with Gasteiger partial charge < -0.3 is 4.90 Å². The molecule has 0 saturated carbocycles. The summed E-state index contributed by atoms with van der Waals surface area (Å²) in [6, 6.07) is 10.4. The first kappa shape index (κ1) is 13.6. The molecule has 1 fully saturated rings. The summed E-state index contributed by atoms with van der Waals surface area (Å²) < 4.78 is 11.9. The molecule has 0 aliphatic carbocycles. The van der Waals surface area contributed by atoms with Crippen molar-refractivity contribution >= 4 is 27.5 Å². The number of pyridine rings is 1. The molecule has 106 valence electrons. The van der Waals surface area contributed by atoms with E-state index in [1.807, 2.05) is 12.1 Å². The maximum absolute atomic E-state index is 12.0. The number of para-hydroxylation sites is 1. The molecule has 1 aromatic carbocycles. The quantitative estimate of drug-likeness (QED) is 0.809. The average molecular weight is 288 g/mol. The molecule has 1 aromatic heterocycles. The Morgan fingerprint density at radius 1 is 1.30 bits per heavy atom. The van der Waals surface area contributed by atoms with E-state index in [9.17, 15) is 4.21 Å². The van der Waals surface area contributed by atoms with Crippen LogP contribution >= 0.6 is 0 Å². The Labute approximate surface area is 122 Å². The molecule has 0 bridgehead atoms. The predicted molar refractivity (Wildman–Crippen MR) is 85.8 cm³/mol. The highest BCUT2D eigenvalue weighted by molar-refractivity contribution is 7.86. The van der Waals surface area contributed by atoms with Crippen LogP contribution in [0.5, 0.6) is 0 Å². The van der Waals surface area contributed by atoms with Gasteiger partial charge in [0.25, 0.3) is 0 Å². The zero-order chi connectivity index (χ0) is 14.3. The summed E-state index contributed by atoms with van der Waals surface area (Å²) in [5, 5.41) is 1.20. The number of hydrogen-bond donors (Lipinski definition) is 0. The summed E-state index contributed by atoms with van der Waals surface area (Å²) in [6.45, 7) is 7.89. The Bertz CT molecular complexity index is 681. The van der Waals surface area contributed by atoms with Crippen molar-refractivity contribution in [1.82, 2.24) is 4.98 Å². The second kappa shape index (κ2) is 4.85. The molecular formula is C16H20N2OS. The summed E-state index contributed by atoms with van der Waals surface area (Å²) in [5.74, 6) is 1.73. The molecule has 2 aromatic rings. The van der Waals surface area contributed by atoms with Gasteiger partial charge in [0.05, 0.1) is 10.3 Å². The van der Waals surface area contributed by atoms with Crippen molar-refractivity contribution in [2.24, 2.45) is 0 Å². The van der Waals surface area contributed by atoms with Gasteiger partial charge in [-0.1, -0.05) is 18.2 Å². The third-order valence-electron chi connectivity index (χ3n) is 3.97. The van der Waals surface area contributed by atoms with E-state index in [2.05, 4.69) is 43.9 Å². The van der Waals surface area contributed by atoms with Gasteiger partial charge in [-0.3, -0.25) is 4.21 Å².